The van der Waals surface area contributed by atoms with Crippen LogP contribution in [0.4, 0.5) is 57.1 Å². The summed E-state index contributed by atoms with van der Waals surface area (Å²) < 4.78 is 171. The van der Waals surface area contributed by atoms with Crippen LogP contribution < -0.4 is 0 Å². The maximum absolute atomic E-state index is 14.1. The van der Waals surface area contributed by atoms with Crippen LogP contribution in [0.25, 0.3) is 0 Å². The van der Waals surface area contributed by atoms with Gasteiger partial charge in [-0.3, -0.25) is 4.74 Å². The zero-order valence-electron chi connectivity index (χ0n) is 12.1. The van der Waals surface area contributed by atoms with Crippen LogP contribution in [0, 0.1) is 0 Å². The molecule has 0 aliphatic carbocycles. The molecule has 0 spiro atoms. The lowest BCUT2D eigenvalue weighted by atomic mass is 9.97. The second-order valence-corrected chi connectivity index (χ2v) is 5.11. The number of ether oxygens (including phenoxy) is 1. The van der Waals surface area contributed by atoms with Crippen molar-refractivity contribution in [2.45, 2.75) is 43.0 Å². The van der Waals surface area contributed by atoms with Gasteiger partial charge in [-0.05, 0) is 12.8 Å². The predicted molar refractivity (Wildman–Crippen MR) is 57.0 cm³/mol. The minimum Gasteiger partial charge on any atom is -0.283 e. The normalized spacial score (nSPS) is 18.3. The van der Waals surface area contributed by atoms with Gasteiger partial charge >= 0.3 is 36.2 Å². The number of nitrogens with zero attached hydrogens (tertiary/aromatic N) is 1. The van der Waals surface area contributed by atoms with Gasteiger partial charge in [0, 0.05) is 13.1 Å². The zero-order valence-corrected chi connectivity index (χ0v) is 12.1. The van der Waals surface area contributed by atoms with E-state index in [1.165, 1.54) is 0 Å². The highest BCUT2D eigenvalue weighted by Crippen LogP contribution is 2.58. The quantitative estimate of drug-likeness (QED) is 0.449. The molecule has 2 nitrogen and oxygen atoms in total. The summed E-state index contributed by atoms with van der Waals surface area (Å²) in [4.78, 5) is -0.739. The van der Waals surface area contributed by atoms with E-state index in [0.717, 1.165) is 0 Å². The molecule has 15 heteroatoms. The Kier molecular flexibility index (Phi) is 5.90. The first-order valence-electron chi connectivity index (χ1n) is 6.47. The fourth-order valence-electron chi connectivity index (χ4n) is 2.25. The molecule has 0 aromatic heterocycles. The molecule has 0 aromatic carbocycles. The van der Waals surface area contributed by atoms with E-state index in [1.54, 1.807) is 0 Å². The van der Waals surface area contributed by atoms with Gasteiger partial charge in [-0.2, -0.15) is 57.1 Å². The average molecular weight is 417 g/mol. The van der Waals surface area contributed by atoms with Crippen molar-refractivity contribution in [2.75, 3.05) is 13.1 Å². The van der Waals surface area contributed by atoms with Gasteiger partial charge in [0.15, 0.2) is 0 Å². The Bertz CT molecular complexity index is 525. The van der Waals surface area contributed by atoms with Crippen LogP contribution in [-0.2, 0) is 4.74 Å². The van der Waals surface area contributed by atoms with Crippen molar-refractivity contribution in [2.24, 2.45) is 0 Å². The van der Waals surface area contributed by atoms with Crippen molar-refractivity contribution in [3.63, 3.8) is 0 Å². The molecule has 1 aliphatic heterocycles. The van der Waals surface area contributed by atoms with E-state index in [2.05, 4.69) is 4.74 Å². The number of hydrogen-bond donors (Lipinski definition) is 0. The molecule has 26 heavy (non-hydrogen) atoms. The first-order chi connectivity index (χ1) is 11.4. The highest BCUT2D eigenvalue weighted by Gasteiger charge is 2.87. The topological polar surface area (TPSA) is 12.5 Å². The first-order valence-corrected chi connectivity index (χ1v) is 6.47. The SMILES string of the molecule is FC(F)=C(F)C(F)(F)OC(C(F)(F)F)(C(F)(F)F)C(F)(F)N1CCCC1. The summed E-state index contributed by atoms with van der Waals surface area (Å²) in [6.07, 6.45) is -25.9. The highest BCUT2D eigenvalue weighted by atomic mass is 19.4. The van der Waals surface area contributed by atoms with Crippen LogP contribution in [0.3, 0.4) is 0 Å². The Morgan fingerprint density at radius 1 is 0.692 bits per heavy atom. The van der Waals surface area contributed by atoms with Gasteiger partial charge in [-0.25, -0.2) is 4.90 Å². The second-order valence-electron chi connectivity index (χ2n) is 5.11. The standard InChI is InChI=1S/C11H8F13NO/c12-5(6(13)14)7(15,16)26-8(9(17,18)19,10(20,21)22)11(23,24)25-3-1-2-4-25/h1-4H2. The van der Waals surface area contributed by atoms with Crippen LogP contribution in [0.1, 0.15) is 12.8 Å². The molecule has 0 N–H and O–H groups in total. The van der Waals surface area contributed by atoms with Crippen LogP contribution in [0.5, 0.6) is 0 Å². The zero-order chi connectivity index (χ0) is 20.8. The number of hydrogen-bond acceptors (Lipinski definition) is 2. The molecule has 0 radical (unpaired) electrons. The first kappa shape index (κ1) is 22.8. The third-order valence-electron chi connectivity index (χ3n) is 3.43. The molecule has 154 valence electrons. The Morgan fingerprint density at radius 2 is 1.08 bits per heavy atom. The molecule has 0 atom stereocenters. The Morgan fingerprint density at radius 3 is 1.38 bits per heavy atom. The fourth-order valence-corrected chi connectivity index (χ4v) is 2.25. The summed E-state index contributed by atoms with van der Waals surface area (Å²) in [6.45, 7) is -2.13. The van der Waals surface area contributed by atoms with Crippen molar-refractivity contribution in [1.82, 2.24) is 4.90 Å². The smallest absolute Gasteiger partial charge is 0.283 e. The lowest BCUT2D eigenvalue weighted by molar-refractivity contribution is -0.493. The summed E-state index contributed by atoms with van der Waals surface area (Å²) in [7, 11) is 0. The highest BCUT2D eigenvalue weighted by molar-refractivity contribution is 5.10. The summed E-state index contributed by atoms with van der Waals surface area (Å²) in [6, 6.07) is -6.21. The van der Waals surface area contributed by atoms with Crippen molar-refractivity contribution in [3.8, 4) is 0 Å². The van der Waals surface area contributed by atoms with Crippen molar-refractivity contribution < 1.29 is 61.8 Å². The van der Waals surface area contributed by atoms with Crippen molar-refractivity contribution >= 4 is 0 Å². The van der Waals surface area contributed by atoms with Gasteiger partial charge in [0.1, 0.15) is 0 Å². The van der Waals surface area contributed by atoms with E-state index in [-0.39, 0.29) is 12.8 Å². The van der Waals surface area contributed by atoms with Gasteiger partial charge in [0.05, 0.1) is 0 Å². The minimum atomic E-state index is -7.28. The third-order valence-corrected chi connectivity index (χ3v) is 3.43. The van der Waals surface area contributed by atoms with Gasteiger partial charge in [0.2, 0.25) is 0 Å². The maximum atomic E-state index is 14.1. The van der Waals surface area contributed by atoms with Crippen LogP contribution in [-0.4, -0.2) is 48.1 Å². The lowest BCUT2D eigenvalue weighted by Crippen LogP contribution is -2.75. The van der Waals surface area contributed by atoms with E-state index < -0.39 is 60.0 Å². The molecule has 1 heterocycles. The number of alkyl halides is 10. The summed E-state index contributed by atoms with van der Waals surface area (Å²) in [5.74, 6) is -4.16. The van der Waals surface area contributed by atoms with Gasteiger partial charge in [-0.15, -0.1) is 0 Å². The fraction of sp³-hybridized carbons (Fsp3) is 0.818. The molecule has 1 fully saturated rings. The summed E-state index contributed by atoms with van der Waals surface area (Å²) >= 11 is 0. The van der Waals surface area contributed by atoms with Crippen molar-refractivity contribution in [1.29, 1.82) is 0 Å². The predicted octanol–water partition coefficient (Wildman–Crippen LogP) is 5.23. The van der Waals surface area contributed by atoms with Crippen molar-refractivity contribution in [3.05, 3.63) is 11.9 Å². The molecular weight excluding hydrogens is 409 g/mol. The third kappa shape index (κ3) is 3.59. The monoisotopic (exact) mass is 417 g/mol. The van der Waals surface area contributed by atoms with Crippen LogP contribution in [0.15, 0.2) is 11.9 Å². The molecular formula is C11H8F13NO. The number of rotatable bonds is 5. The summed E-state index contributed by atoms with van der Waals surface area (Å²) in [5.41, 5.74) is -6.98. The van der Waals surface area contributed by atoms with Gasteiger partial charge in [-0.1, -0.05) is 0 Å². The largest absolute Gasteiger partial charge is 0.434 e. The Balaban J connectivity index is 3.69. The minimum absolute atomic E-state index is 0.300. The van der Waals surface area contributed by atoms with Gasteiger partial charge < -0.3 is 0 Å². The Labute approximate surface area is 136 Å². The van der Waals surface area contributed by atoms with E-state index in [9.17, 15) is 57.1 Å². The number of halogens is 13. The molecule has 1 aliphatic rings. The molecule has 1 rings (SSSR count). The van der Waals surface area contributed by atoms with E-state index in [4.69, 9.17) is 0 Å². The van der Waals surface area contributed by atoms with Crippen LogP contribution >= 0.6 is 0 Å². The summed E-state index contributed by atoms with van der Waals surface area (Å²) in [5, 5.41) is 0. The molecule has 0 bridgehead atoms. The van der Waals surface area contributed by atoms with E-state index in [0.29, 0.717) is 0 Å². The molecule has 0 unspecified atom stereocenters. The molecule has 1 saturated heterocycles. The lowest BCUT2D eigenvalue weighted by Gasteiger charge is -2.45. The van der Waals surface area contributed by atoms with Gasteiger partial charge in [0.25, 0.3) is 5.83 Å². The average Bonchev–Trinajstić information content (AvgIpc) is 2.95. The maximum Gasteiger partial charge on any atom is 0.434 e. The second kappa shape index (κ2) is 6.73. The molecule has 0 amide bonds. The van der Waals surface area contributed by atoms with E-state index >= 15 is 0 Å². The van der Waals surface area contributed by atoms with Crippen LogP contribution in [0.2, 0.25) is 0 Å². The Hall–Kier alpha value is -1.25. The number of likely N-dealkylation sites (tertiary alicyclic amines) is 1. The van der Waals surface area contributed by atoms with E-state index in [1.807, 2.05) is 0 Å². The molecule has 0 saturated carbocycles. The molecule has 0 aromatic rings.